The zero-order chi connectivity index (χ0) is 37.0. The maximum absolute atomic E-state index is 13.5. The minimum absolute atomic E-state index is 0.0743. The largest absolute Gasteiger partial charge is 0.481 e. The van der Waals surface area contributed by atoms with E-state index in [1.807, 2.05) is 0 Å². The van der Waals surface area contributed by atoms with Crippen LogP contribution in [0.15, 0.2) is 0 Å². The number of unbranched alkanes of at least 4 members (excludes halogenated alkanes) is 2. The Bertz CT molecular complexity index is 1070. The van der Waals surface area contributed by atoms with Crippen molar-refractivity contribution in [2.45, 2.75) is 128 Å². The first-order valence-corrected chi connectivity index (χ1v) is 16.2. The van der Waals surface area contributed by atoms with E-state index in [0.29, 0.717) is 38.8 Å². The number of aliphatic hydroxyl groups is 1. The highest BCUT2D eigenvalue weighted by molar-refractivity contribution is 5.96. The lowest BCUT2D eigenvalue weighted by Gasteiger charge is -2.27. The van der Waals surface area contributed by atoms with Crippen LogP contribution in [0.2, 0.25) is 0 Å². The van der Waals surface area contributed by atoms with E-state index in [-0.39, 0.29) is 31.6 Å². The van der Waals surface area contributed by atoms with E-state index in [2.05, 4.69) is 26.6 Å². The highest BCUT2D eigenvalue weighted by Gasteiger charge is 2.32. The molecule has 5 amide bonds. The molecule has 0 radical (unpaired) electrons. The minimum atomic E-state index is -1.44. The van der Waals surface area contributed by atoms with Gasteiger partial charge in [0.25, 0.3) is 0 Å². The second kappa shape index (κ2) is 23.5. The van der Waals surface area contributed by atoms with Crippen molar-refractivity contribution in [1.82, 2.24) is 26.6 Å². The number of hydrogen-bond acceptors (Lipinski definition) is 11. The van der Waals surface area contributed by atoms with Crippen molar-refractivity contribution in [3.8, 4) is 0 Å². The average molecular weight is 689 g/mol. The van der Waals surface area contributed by atoms with Crippen LogP contribution in [0.3, 0.4) is 0 Å². The van der Waals surface area contributed by atoms with E-state index in [0.717, 1.165) is 0 Å². The quantitative estimate of drug-likeness (QED) is 0.0439. The van der Waals surface area contributed by atoms with Crippen LogP contribution in [0.1, 0.15) is 85.5 Å². The number of carboxylic acids is 2. The smallest absolute Gasteiger partial charge is 0.326 e. The average Bonchev–Trinajstić information content (AvgIpc) is 3.00. The Labute approximate surface area is 281 Å². The lowest BCUT2D eigenvalue weighted by atomic mass is 10.0. The molecule has 0 saturated heterocycles. The fourth-order valence-electron chi connectivity index (χ4n) is 4.46. The standard InChI is InChI=1S/C30H56N8O10/c1-16(2)15-22(28(45)37-21(30(47)48)10-6-8-14-32)38-26(43)19(9-5-7-13-31)36-27(44)20(11-12-23(40)41)35-25(42)17(3)34-29(46)24(33)18(4)39/h16-22,24,39H,5-15,31-33H2,1-4H3,(H,34,46)(H,35,42)(H,36,44)(H,37,45)(H,38,43)(H,40,41)(H,47,48)/t17-,18+,19-,20-,21-,22-,24-/m0/s1. The lowest BCUT2D eigenvalue weighted by molar-refractivity contribution is -0.142. The van der Waals surface area contributed by atoms with Crippen molar-refractivity contribution in [1.29, 1.82) is 0 Å². The Balaban J connectivity index is 6.00. The molecule has 48 heavy (non-hydrogen) atoms. The third-order valence-electron chi connectivity index (χ3n) is 7.34. The van der Waals surface area contributed by atoms with Gasteiger partial charge in [-0.05, 0) is 84.2 Å². The van der Waals surface area contributed by atoms with Crippen molar-refractivity contribution >= 4 is 41.5 Å². The Morgan fingerprint density at radius 1 is 0.583 bits per heavy atom. The first-order valence-electron chi connectivity index (χ1n) is 16.2. The molecule has 276 valence electrons. The van der Waals surface area contributed by atoms with Crippen LogP contribution in [-0.4, -0.2) is 112 Å². The molecule has 0 spiro atoms. The summed E-state index contributed by atoms with van der Waals surface area (Å²) in [6, 6.07) is -7.59. The fraction of sp³-hybridized carbons (Fsp3) is 0.767. The van der Waals surface area contributed by atoms with Crippen molar-refractivity contribution in [3.63, 3.8) is 0 Å². The molecule has 0 heterocycles. The van der Waals surface area contributed by atoms with Gasteiger partial charge in [-0.2, -0.15) is 0 Å². The number of nitrogens with two attached hydrogens (primary N) is 3. The SMILES string of the molecule is CC(C)C[C@H](NC(=O)[C@H](CCCCN)NC(=O)[C@H](CCC(=O)O)NC(=O)[C@H](C)NC(=O)[C@@H](N)[C@@H](C)O)C(=O)N[C@@H](CCCCN)C(=O)O. The number of hydrogen-bond donors (Lipinski definition) is 11. The Hall–Kier alpha value is -3.87. The third-order valence-corrected chi connectivity index (χ3v) is 7.34. The number of rotatable bonds is 25. The van der Waals surface area contributed by atoms with Crippen LogP contribution in [0, 0.1) is 5.92 Å². The number of nitrogens with one attached hydrogen (secondary N) is 5. The van der Waals surface area contributed by atoms with Gasteiger partial charge in [0, 0.05) is 6.42 Å². The topological polar surface area (TPSA) is 318 Å². The number of carbonyl (C=O) groups excluding carboxylic acids is 5. The first-order chi connectivity index (χ1) is 22.4. The molecule has 18 nitrogen and oxygen atoms in total. The first kappa shape index (κ1) is 44.1. The summed E-state index contributed by atoms with van der Waals surface area (Å²) in [4.78, 5) is 88.2. The monoisotopic (exact) mass is 688 g/mol. The van der Waals surface area contributed by atoms with Gasteiger partial charge in [-0.3, -0.25) is 28.8 Å². The summed E-state index contributed by atoms with van der Waals surface area (Å²) in [5, 5.41) is 40.6. The van der Waals surface area contributed by atoms with E-state index in [1.165, 1.54) is 13.8 Å². The molecule has 0 saturated carbocycles. The number of carboxylic acid groups (broad SMARTS) is 2. The molecule has 7 atom stereocenters. The molecule has 0 aromatic carbocycles. The van der Waals surface area contributed by atoms with Crippen molar-refractivity contribution in [3.05, 3.63) is 0 Å². The van der Waals surface area contributed by atoms with E-state index in [4.69, 9.17) is 17.2 Å². The van der Waals surface area contributed by atoms with Gasteiger partial charge in [-0.1, -0.05) is 13.8 Å². The van der Waals surface area contributed by atoms with E-state index < -0.39 is 90.3 Å². The highest BCUT2D eigenvalue weighted by atomic mass is 16.4. The van der Waals surface area contributed by atoms with Gasteiger partial charge in [0.15, 0.2) is 0 Å². The summed E-state index contributed by atoms with van der Waals surface area (Å²) in [7, 11) is 0. The van der Waals surface area contributed by atoms with Crippen molar-refractivity contribution < 1.29 is 48.9 Å². The molecule has 0 fully saturated rings. The lowest BCUT2D eigenvalue weighted by Crippen LogP contribution is -2.59. The van der Waals surface area contributed by atoms with Crippen LogP contribution in [-0.2, 0) is 33.6 Å². The molecule has 0 aromatic rings. The normalized spacial score (nSPS) is 15.5. The molecule has 0 aliphatic rings. The van der Waals surface area contributed by atoms with E-state index in [1.54, 1.807) is 13.8 Å². The summed E-state index contributed by atoms with van der Waals surface area (Å²) in [5.41, 5.74) is 16.7. The van der Waals surface area contributed by atoms with Crippen LogP contribution in [0.5, 0.6) is 0 Å². The van der Waals surface area contributed by atoms with Gasteiger partial charge in [-0.25, -0.2) is 4.79 Å². The van der Waals surface area contributed by atoms with E-state index in [9.17, 15) is 48.9 Å². The highest BCUT2D eigenvalue weighted by Crippen LogP contribution is 2.10. The molecule has 0 bridgehead atoms. The van der Waals surface area contributed by atoms with E-state index >= 15 is 0 Å². The molecule has 18 heteroatoms. The Kier molecular flexibility index (Phi) is 21.6. The molecule has 0 unspecified atom stereocenters. The summed E-state index contributed by atoms with van der Waals surface area (Å²) < 4.78 is 0. The summed E-state index contributed by atoms with van der Waals surface area (Å²) in [6.07, 6.45) is 0.167. The minimum Gasteiger partial charge on any atom is -0.481 e. The molecular formula is C30H56N8O10. The predicted octanol–water partition coefficient (Wildman–Crippen LogP) is -2.61. The third kappa shape index (κ3) is 17.9. The zero-order valence-electron chi connectivity index (χ0n) is 28.3. The Morgan fingerprint density at radius 3 is 1.48 bits per heavy atom. The maximum atomic E-state index is 13.5. The molecule has 0 rings (SSSR count). The zero-order valence-corrected chi connectivity index (χ0v) is 28.3. The molecule has 14 N–H and O–H groups in total. The fourth-order valence-corrected chi connectivity index (χ4v) is 4.46. The number of aliphatic hydroxyl groups excluding tert-OH is 1. The van der Waals surface area contributed by atoms with Gasteiger partial charge in [0.05, 0.1) is 6.10 Å². The van der Waals surface area contributed by atoms with Gasteiger partial charge in [0.1, 0.15) is 36.3 Å². The molecular weight excluding hydrogens is 632 g/mol. The molecule has 0 aliphatic heterocycles. The van der Waals surface area contributed by atoms with Gasteiger partial charge in [-0.15, -0.1) is 0 Å². The van der Waals surface area contributed by atoms with Crippen LogP contribution >= 0.6 is 0 Å². The molecule has 0 aliphatic carbocycles. The summed E-state index contributed by atoms with van der Waals surface area (Å²) >= 11 is 0. The van der Waals surface area contributed by atoms with Crippen LogP contribution < -0.4 is 43.8 Å². The predicted molar refractivity (Wildman–Crippen MR) is 175 cm³/mol. The molecule has 0 aromatic heterocycles. The van der Waals surface area contributed by atoms with Gasteiger partial charge >= 0.3 is 11.9 Å². The van der Waals surface area contributed by atoms with Crippen molar-refractivity contribution in [2.75, 3.05) is 13.1 Å². The summed E-state index contributed by atoms with van der Waals surface area (Å²) in [6.45, 7) is 6.85. The Morgan fingerprint density at radius 2 is 1.02 bits per heavy atom. The van der Waals surface area contributed by atoms with Crippen LogP contribution in [0.25, 0.3) is 0 Å². The van der Waals surface area contributed by atoms with Crippen LogP contribution in [0.4, 0.5) is 0 Å². The summed E-state index contributed by atoms with van der Waals surface area (Å²) in [5.74, 6) is -6.66. The second-order valence-corrected chi connectivity index (χ2v) is 12.2. The van der Waals surface area contributed by atoms with Crippen molar-refractivity contribution in [2.24, 2.45) is 23.1 Å². The second-order valence-electron chi connectivity index (χ2n) is 12.2. The maximum Gasteiger partial charge on any atom is 0.326 e. The number of aliphatic carboxylic acids is 2. The van der Waals surface area contributed by atoms with Gasteiger partial charge < -0.3 is 59.1 Å². The number of amides is 5. The van der Waals surface area contributed by atoms with Gasteiger partial charge in [0.2, 0.25) is 29.5 Å². The number of carbonyl (C=O) groups is 7.